The van der Waals surface area contributed by atoms with Crippen LogP contribution in [0.1, 0.15) is 40.0 Å². The summed E-state index contributed by atoms with van der Waals surface area (Å²) >= 11 is 0. The zero-order valence-electron chi connectivity index (χ0n) is 8.63. The lowest BCUT2D eigenvalue weighted by molar-refractivity contribution is -0.140. The van der Waals surface area contributed by atoms with E-state index >= 15 is 0 Å². The van der Waals surface area contributed by atoms with Crippen molar-refractivity contribution in [3.63, 3.8) is 0 Å². The fourth-order valence-corrected chi connectivity index (χ4v) is 1.81. The molecule has 0 aromatic rings. The Hall–Kier alpha value is -0.570. The predicted octanol–water partition coefficient (Wildman–Crippen LogP) is 1.63. The third-order valence-corrected chi connectivity index (χ3v) is 2.73. The summed E-state index contributed by atoms with van der Waals surface area (Å²) in [5, 5.41) is 12.1. The van der Waals surface area contributed by atoms with Gasteiger partial charge in [0.25, 0.3) is 0 Å². The van der Waals surface area contributed by atoms with E-state index in [1.807, 2.05) is 0 Å². The first-order valence-corrected chi connectivity index (χ1v) is 4.90. The highest BCUT2D eigenvalue weighted by atomic mass is 16.4. The average molecular weight is 185 g/mol. The molecule has 0 aliphatic carbocycles. The molecule has 1 saturated heterocycles. The van der Waals surface area contributed by atoms with Gasteiger partial charge in [-0.3, -0.25) is 4.79 Å². The molecule has 1 heterocycles. The summed E-state index contributed by atoms with van der Waals surface area (Å²) in [6.45, 7) is 6.44. The second-order valence-electron chi connectivity index (χ2n) is 4.91. The van der Waals surface area contributed by atoms with Crippen molar-refractivity contribution < 1.29 is 9.90 Å². The van der Waals surface area contributed by atoms with Gasteiger partial charge in [0, 0.05) is 6.04 Å². The lowest BCUT2D eigenvalue weighted by atomic mass is 9.80. The topological polar surface area (TPSA) is 49.3 Å². The third-order valence-electron chi connectivity index (χ3n) is 2.73. The first-order valence-electron chi connectivity index (χ1n) is 4.90. The van der Waals surface area contributed by atoms with E-state index < -0.39 is 5.97 Å². The predicted molar refractivity (Wildman–Crippen MR) is 51.7 cm³/mol. The van der Waals surface area contributed by atoms with Crippen molar-refractivity contribution in [2.24, 2.45) is 5.41 Å². The van der Waals surface area contributed by atoms with E-state index in [1.54, 1.807) is 0 Å². The third kappa shape index (κ3) is 2.69. The molecule has 1 rings (SSSR count). The van der Waals surface area contributed by atoms with Crippen molar-refractivity contribution in [2.75, 3.05) is 0 Å². The summed E-state index contributed by atoms with van der Waals surface area (Å²) < 4.78 is 0. The number of carboxylic acids is 1. The van der Waals surface area contributed by atoms with E-state index in [0.717, 1.165) is 19.3 Å². The molecule has 2 N–H and O–H groups in total. The van der Waals surface area contributed by atoms with E-state index in [2.05, 4.69) is 26.1 Å². The van der Waals surface area contributed by atoms with Gasteiger partial charge in [-0.05, 0) is 24.7 Å². The molecule has 0 bridgehead atoms. The van der Waals surface area contributed by atoms with Crippen LogP contribution in [0.2, 0.25) is 0 Å². The second kappa shape index (κ2) is 3.66. The van der Waals surface area contributed by atoms with Crippen LogP contribution < -0.4 is 5.32 Å². The monoisotopic (exact) mass is 185 g/mol. The van der Waals surface area contributed by atoms with Crippen molar-refractivity contribution in [3.05, 3.63) is 0 Å². The molecule has 1 fully saturated rings. The number of nitrogens with one attached hydrogen (secondary N) is 1. The van der Waals surface area contributed by atoms with Crippen molar-refractivity contribution in [1.29, 1.82) is 0 Å². The average Bonchev–Trinajstić information content (AvgIpc) is 2.03. The summed E-state index contributed by atoms with van der Waals surface area (Å²) in [6.07, 6.45) is 2.88. The van der Waals surface area contributed by atoms with Gasteiger partial charge in [0.15, 0.2) is 0 Å². The molecule has 0 spiro atoms. The van der Waals surface area contributed by atoms with E-state index in [4.69, 9.17) is 5.11 Å². The summed E-state index contributed by atoms with van der Waals surface area (Å²) in [4.78, 5) is 10.8. The molecule has 1 aliphatic rings. The van der Waals surface area contributed by atoms with Gasteiger partial charge in [0.2, 0.25) is 0 Å². The normalized spacial score (nSPS) is 30.1. The maximum absolute atomic E-state index is 10.8. The van der Waals surface area contributed by atoms with Crippen LogP contribution in [-0.4, -0.2) is 23.2 Å². The van der Waals surface area contributed by atoms with E-state index in [0.29, 0.717) is 6.04 Å². The Morgan fingerprint density at radius 2 is 2.00 bits per heavy atom. The minimum Gasteiger partial charge on any atom is -0.480 e. The van der Waals surface area contributed by atoms with Gasteiger partial charge in [-0.25, -0.2) is 0 Å². The molecule has 13 heavy (non-hydrogen) atoms. The van der Waals surface area contributed by atoms with Crippen LogP contribution >= 0.6 is 0 Å². The summed E-state index contributed by atoms with van der Waals surface area (Å²) in [5.74, 6) is -0.714. The quantitative estimate of drug-likeness (QED) is 0.652. The number of piperidine rings is 1. The Bertz CT molecular complexity index is 196. The molecule has 0 unspecified atom stereocenters. The van der Waals surface area contributed by atoms with E-state index in [9.17, 15) is 4.79 Å². The van der Waals surface area contributed by atoms with E-state index in [-0.39, 0.29) is 11.5 Å². The Morgan fingerprint density at radius 3 is 2.46 bits per heavy atom. The van der Waals surface area contributed by atoms with Gasteiger partial charge in [-0.2, -0.15) is 0 Å². The summed E-state index contributed by atoms with van der Waals surface area (Å²) in [7, 11) is 0. The Balaban J connectivity index is 2.57. The van der Waals surface area contributed by atoms with Crippen molar-refractivity contribution in [1.82, 2.24) is 5.32 Å². The number of hydrogen-bond acceptors (Lipinski definition) is 2. The smallest absolute Gasteiger partial charge is 0.320 e. The first kappa shape index (κ1) is 10.5. The molecular formula is C10H19NO2. The summed E-state index contributed by atoms with van der Waals surface area (Å²) in [5.41, 5.74) is 0.161. The van der Waals surface area contributed by atoms with Crippen LogP contribution in [0.3, 0.4) is 0 Å². The number of carboxylic acid groups (broad SMARTS) is 1. The van der Waals surface area contributed by atoms with Gasteiger partial charge in [-0.1, -0.05) is 20.8 Å². The first-order chi connectivity index (χ1) is 5.91. The molecular weight excluding hydrogens is 166 g/mol. The fourth-order valence-electron chi connectivity index (χ4n) is 1.81. The molecule has 3 nitrogen and oxygen atoms in total. The largest absolute Gasteiger partial charge is 0.480 e. The molecule has 0 aromatic carbocycles. The lowest BCUT2D eigenvalue weighted by Gasteiger charge is -2.37. The fraction of sp³-hybridized carbons (Fsp3) is 0.900. The zero-order chi connectivity index (χ0) is 10.1. The van der Waals surface area contributed by atoms with Crippen LogP contribution in [0, 0.1) is 5.41 Å². The molecule has 76 valence electrons. The van der Waals surface area contributed by atoms with Crippen molar-refractivity contribution >= 4 is 5.97 Å². The van der Waals surface area contributed by atoms with Crippen molar-refractivity contribution in [3.8, 4) is 0 Å². The standard InChI is InChI=1S/C10H19NO2/c1-10(2,3)8-6-4-5-7(11-8)9(12)13/h7-8,11H,4-6H2,1-3H3,(H,12,13)/t7-,8-/m0/s1. The highest BCUT2D eigenvalue weighted by molar-refractivity contribution is 5.73. The maximum Gasteiger partial charge on any atom is 0.320 e. The molecule has 0 aromatic heterocycles. The zero-order valence-corrected chi connectivity index (χ0v) is 8.63. The maximum atomic E-state index is 10.8. The highest BCUT2D eigenvalue weighted by Gasteiger charge is 2.32. The van der Waals surface area contributed by atoms with Crippen LogP contribution in [0.5, 0.6) is 0 Å². The Morgan fingerprint density at radius 1 is 1.38 bits per heavy atom. The Labute approximate surface area is 79.5 Å². The van der Waals surface area contributed by atoms with Crippen LogP contribution in [0.4, 0.5) is 0 Å². The summed E-state index contributed by atoms with van der Waals surface area (Å²) in [6, 6.07) is 0.000301. The van der Waals surface area contributed by atoms with Gasteiger partial charge in [0.1, 0.15) is 6.04 Å². The minimum absolute atomic E-state index is 0.161. The molecule has 1 aliphatic heterocycles. The second-order valence-corrected chi connectivity index (χ2v) is 4.91. The number of rotatable bonds is 1. The number of aliphatic carboxylic acids is 1. The van der Waals surface area contributed by atoms with Gasteiger partial charge in [-0.15, -0.1) is 0 Å². The van der Waals surface area contributed by atoms with Crippen LogP contribution in [0.15, 0.2) is 0 Å². The molecule has 2 atom stereocenters. The molecule has 0 saturated carbocycles. The molecule has 0 amide bonds. The van der Waals surface area contributed by atoms with Crippen LogP contribution in [0.25, 0.3) is 0 Å². The van der Waals surface area contributed by atoms with Crippen molar-refractivity contribution in [2.45, 2.75) is 52.1 Å². The minimum atomic E-state index is -0.714. The van der Waals surface area contributed by atoms with Gasteiger partial charge < -0.3 is 10.4 Å². The Kier molecular flexibility index (Phi) is 2.96. The highest BCUT2D eigenvalue weighted by Crippen LogP contribution is 2.27. The molecule has 3 heteroatoms. The molecule has 0 radical (unpaired) electrons. The number of hydrogen-bond donors (Lipinski definition) is 2. The number of carbonyl (C=O) groups is 1. The van der Waals surface area contributed by atoms with Gasteiger partial charge in [0.05, 0.1) is 0 Å². The van der Waals surface area contributed by atoms with Crippen LogP contribution in [-0.2, 0) is 4.79 Å². The SMILES string of the molecule is CC(C)(C)[C@@H]1CCC[C@@H](C(=O)O)N1. The lowest BCUT2D eigenvalue weighted by Crippen LogP contribution is -2.51. The van der Waals surface area contributed by atoms with Gasteiger partial charge >= 0.3 is 5.97 Å². The van der Waals surface area contributed by atoms with E-state index in [1.165, 1.54) is 0 Å².